The summed E-state index contributed by atoms with van der Waals surface area (Å²) in [6.45, 7) is 5.74. The van der Waals surface area contributed by atoms with Crippen LogP contribution in [0.3, 0.4) is 0 Å². The molecule has 0 aliphatic heterocycles. The second-order valence-electron chi connectivity index (χ2n) is 4.02. The molecule has 0 amide bonds. The van der Waals surface area contributed by atoms with Gasteiger partial charge in [0.25, 0.3) is 0 Å². The van der Waals surface area contributed by atoms with Crippen LogP contribution in [0.15, 0.2) is 18.2 Å². The summed E-state index contributed by atoms with van der Waals surface area (Å²) in [6.07, 6.45) is 0. The second kappa shape index (κ2) is 4.75. The third-order valence-electron chi connectivity index (χ3n) is 2.61. The lowest BCUT2D eigenvalue weighted by molar-refractivity contribution is 0.0899. The molecule has 0 saturated heterocycles. The highest BCUT2D eigenvalue weighted by molar-refractivity contribution is 6.34. The molecule has 0 radical (unpaired) electrons. The molecule has 3 heteroatoms. The van der Waals surface area contributed by atoms with E-state index in [0.29, 0.717) is 5.02 Å². The number of Topliss-reactive ketones (excluding diaryl/α,β-unsaturated/α-hetero) is 1. The van der Waals surface area contributed by atoms with Gasteiger partial charge in [-0.1, -0.05) is 32.4 Å². The number of carbonyl (C=O) groups excluding carboxylic acids is 1. The fraction of sp³-hybridized carbons (Fsp3) is 0.417. The summed E-state index contributed by atoms with van der Waals surface area (Å²) in [5, 5.41) is 0.314. The first-order valence-electron chi connectivity index (χ1n) is 4.92. The largest absolute Gasteiger partial charge is 0.294 e. The van der Waals surface area contributed by atoms with Crippen LogP contribution in [0.2, 0.25) is 5.02 Å². The lowest BCUT2D eigenvalue weighted by Crippen LogP contribution is -2.17. The molecule has 0 aliphatic rings. The first kappa shape index (κ1) is 12.2. The average molecular weight is 229 g/mol. The van der Waals surface area contributed by atoms with Crippen molar-refractivity contribution in [3.05, 3.63) is 34.6 Å². The van der Waals surface area contributed by atoms with Crippen LogP contribution in [0.4, 0.5) is 4.39 Å². The van der Waals surface area contributed by atoms with Crippen LogP contribution in [0.1, 0.15) is 31.1 Å². The van der Waals surface area contributed by atoms with Crippen molar-refractivity contribution in [2.75, 3.05) is 0 Å². The molecule has 1 atom stereocenters. The number of halogens is 2. The van der Waals surface area contributed by atoms with E-state index in [1.807, 2.05) is 20.8 Å². The Labute approximate surface area is 94.3 Å². The maximum absolute atomic E-state index is 13.0. The van der Waals surface area contributed by atoms with Gasteiger partial charge in [-0.15, -0.1) is 0 Å². The van der Waals surface area contributed by atoms with Crippen LogP contribution in [-0.2, 0) is 0 Å². The molecule has 0 saturated carbocycles. The summed E-state index contributed by atoms with van der Waals surface area (Å²) < 4.78 is 13.0. The Kier molecular flexibility index (Phi) is 3.86. The minimum absolute atomic E-state index is 0.102. The lowest BCUT2D eigenvalue weighted by Gasteiger charge is -2.14. The van der Waals surface area contributed by atoms with Crippen molar-refractivity contribution in [3.8, 4) is 0 Å². The Morgan fingerprint density at radius 1 is 1.33 bits per heavy atom. The summed E-state index contributed by atoms with van der Waals surface area (Å²) in [4.78, 5) is 11.9. The molecular weight excluding hydrogens is 215 g/mol. The lowest BCUT2D eigenvalue weighted by atomic mass is 9.90. The smallest absolute Gasteiger partial charge is 0.167 e. The number of carbonyl (C=O) groups is 1. The summed E-state index contributed by atoms with van der Waals surface area (Å²) in [5.74, 6) is -0.464. The van der Waals surface area contributed by atoms with Crippen LogP contribution in [0, 0.1) is 17.7 Å². The molecule has 0 aliphatic carbocycles. The number of benzene rings is 1. The Bertz CT molecular complexity index is 374. The normalized spacial score (nSPS) is 12.9. The molecule has 1 nitrogen and oxygen atoms in total. The van der Waals surface area contributed by atoms with E-state index in [-0.39, 0.29) is 23.2 Å². The average Bonchev–Trinajstić information content (AvgIpc) is 2.19. The Hall–Kier alpha value is -0.890. The fourth-order valence-electron chi connectivity index (χ4n) is 1.23. The van der Waals surface area contributed by atoms with E-state index in [0.717, 1.165) is 0 Å². The monoisotopic (exact) mass is 228 g/mol. The molecule has 0 N–H and O–H groups in total. The third kappa shape index (κ3) is 2.78. The summed E-state index contributed by atoms with van der Waals surface area (Å²) in [6, 6.07) is 3.86. The highest BCUT2D eigenvalue weighted by Gasteiger charge is 2.20. The van der Waals surface area contributed by atoms with Crippen LogP contribution < -0.4 is 0 Å². The quantitative estimate of drug-likeness (QED) is 0.716. The maximum atomic E-state index is 13.0. The van der Waals surface area contributed by atoms with Gasteiger partial charge in [-0.25, -0.2) is 4.39 Å². The zero-order chi connectivity index (χ0) is 11.6. The molecular formula is C12H14ClFO. The van der Waals surface area contributed by atoms with Crippen molar-refractivity contribution in [1.82, 2.24) is 0 Å². The van der Waals surface area contributed by atoms with Crippen molar-refractivity contribution in [2.45, 2.75) is 20.8 Å². The Morgan fingerprint density at radius 2 is 1.93 bits per heavy atom. The van der Waals surface area contributed by atoms with Crippen molar-refractivity contribution in [1.29, 1.82) is 0 Å². The predicted octanol–water partition coefficient (Wildman–Crippen LogP) is 3.95. The number of hydrogen-bond donors (Lipinski definition) is 0. The second-order valence-corrected chi connectivity index (χ2v) is 4.43. The Morgan fingerprint density at radius 3 is 2.47 bits per heavy atom. The highest BCUT2D eigenvalue weighted by atomic mass is 35.5. The van der Waals surface area contributed by atoms with Crippen molar-refractivity contribution >= 4 is 17.4 Å². The molecule has 0 bridgehead atoms. The van der Waals surface area contributed by atoms with Gasteiger partial charge in [0.05, 0.1) is 5.02 Å². The van der Waals surface area contributed by atoms with Crippen LogP contribution in [0.25, 0.3) is 0 Å². The molecule has 0 aromatic heterocycles. The van der Waals surface area contributed by atoms with Gasteiger partial charge in [-0.05, 0) is 24.1 Å². The number of hydrogen-bond acceptors (Lipinski definition) is 1. The molecule has 1 aromatic carbocycles. The van der Waals surface area contributed by atoms with Crippen molar-refractivity contribution in [2.24, 2.45) is 11.8 Å². The third-order valence-corrected chi connectivity index (χ3v) is 2.94. The zero-order valence-electron chi connectivity index (χ0n) is 9.05. The molecule has 1 unspecified atom stereocenters. The van der Waals surface area contributed by atoms with E-state index in [4.69, 9.17) is 11.6 Å². The van der Waals surface area contributed by atoms with E-state index >= 15 is 0 Å². The van der Waals surface area contributed by atoms with Gasteiger partial charge in [0.15, 0.2) is 5.78 Å². The summed E-state index contributed by atoms with van der Waals surface area (Å²) >= 11 is 5.85. The van der Waals surface area contributed by atoms with Gasteiger partial charge < -0.3 is 0 Å². The van der Waals surface area contributed by atoms with E-state index in [1.165, 1.54) is 18.2 Å². The van der Waals surface area contributed by atoms with Gasteiger partial charge in [0.2, 0.25) is 0 Å². The minimum Gasteiger partial charge on any atom is -0.294 e. The topological polar surface area (TPSA) is 17.1 Å². The molecule has 1 aromatic rings. The van der Waals surface area contributed by atoms with Gasteiger partial charge in [0.1, 0.15) is 5.82 Å². The maximum Gasteiger partial charge on any atom is 0.167 e. The molecule has 15 heavy (non-hydrogen) atoms. The fourth-order valence-corrected chi connectivity index (χ4v) is 1.45. The highest BCUT2D eigenvalue weighted by Crippen LogP contribution is 2.23. The van der Waals surface area contributed by atoms with Crippen LogP contribution >= 0.6 is 11.6 Å². The van der Waals surface area contributed by atoms with Crippen LogP contribution in [0.5, 0.6) is 0 Å². The van der Waals surface area contributed by atoms with Gasteiger partial charge in [-0.3, -0.25) is 4.79 Å². The van der Waals surface area contributed by atoms with Crippen molar-refractivity contribution < 1.29 is 9.18 Å². The van der Waals surface area contributed by atoms with Gasteiger partial charge >= 0.3 is 0 Å². The number of rotatable bonds is 3. The standard InChI is InChI=1S/C12H14ClFO/c1-7(2)8(3)12(15)10-6-9(14)4-5-11(10)13/h4-8H,1-3H3. The SMILES string of the molecule is CC(C)C(C)C(=O)c1cc(F)ccc1Cl. The number of ketones is 1. The van der Waals surface area contributed by atoms with E-state index in [9.17, 15) is 9.18 Å². The van der Waals surface area contributed by atoms with Gasteiger partial charge in [-0.2, -0.15) is 0 Å². The molecule has 1 rings (SSSR count). The predicted molar refractivity (Wildman–Crippen MR) is 59.7 cm³/mol. The zero-order valence-corrected chi connectivity index (χ0v) is 9.81. The summed E-state index contributed by atoms with van der Waals surface area (Å²) in [7, 11) is 0. The van der Waals surface area contributed by atoms with Crippen LogP contribution in [-0.4, -0.2) is 5.78 Å². The molecule has 0 spiro atoms. The first-order valence-corrected chi connectivity index (χ1v) is 5.30. The van der Waals surface area contributed by atoms with Gasteiger partial charge in [0, 0.05) is 11.5 Å². The minimum atomic E-state index is -0.432. The van der Waals surface area contributed by atoms with E-state index < -0.39 is 5.82 Å². The van der Waals surface area contributed by atoms with E-state index in [1.54, 1.807) is 0 Å². The summed E-state index contributed by atoms with van der Waals surface area (Å²) in [5.41, 5.74) is 0.276. The van der Waals surface area contributed by atoms with Crippen molar-refractivity contribution in [3.63, 3.8) is 0 Å². The molecule has 0 heterocycles. The molecule has 0 fully saturated rings. The molecule has 82 valence electrons. The Balaban J connectivity index is 3.05. The van der Waals surface area contributed by atoms with E-state index in [2.05, 4.69) is 0 Å². The first-order chi connectivity index (χ1) is 6.93.